The van der Waals surface area contributed by atoms with Gasteiger partial charge in [-0.3, -0.25) is 4.79 Å². The third kappa shape index (κ3) is 4.48. The summed E-state index contributed by atoms with van der Waals surface area (Å²) in [6.07, 6.45) is 1.66. The van der Waals surface area contributed by atoms with Crippen molar-refractivity contribution in [1.29, 1.82) is 0 Å². The van der Waals surface area contributed by atoms with Crippen LogP contribution in [0.25, 0.3) is 0 Å². The van der Waals surface area contributed by atoms with E-state index >= 15 is 0 Å². The number of amides is 1. The fourth-order valence-electron chi connectivity index (χ4n) is 3.22. The predicted molar refractivity (Wildman–Crippen MR) is 111 cm³/mol. The second-order valence-corrected chi connectivity index (χ2v) is 6.78. The number of fused-ring (bicyclic) bond motifs is 1. The fourth-order valence-corrected chi connectivity index (χ4v) is 3.22. The first-order chi connectivity index (χ1) is 14.2. The van der Waals surface area contributed by atoms with Gasteiger partial charge in [0.1, 0.15) is 5.82 Å². The summed E-state index contributed by atoms with van der Waals surface area (Å²) in [5, 5.41) is 3.28. The van der Waals surface area contributed by atoms with Gasteiger partial charge in [0.25, 0.3) is 5.91 Å². The summed E-state index contributed by atoms with van der Waals surface area (Å²) in [7, 11) is 0. The monoisotopic (exact) mass is 389 g/mol. The summed E-state index contributed by atoms with van der Waals surface area (Å²) in [4.78, 5) is 19.1. The molecule has 6 heteroatoms. The molecule has 0 radical (unpaired) electrons. The average Bonchev–Trinajstić information content (AvgIpc) is 3.24. The molecule has 0 unspecified atom stereocenters. The van der Waals surface area contributed by atoms with Gasteiger partial charge >= 0.3 is 0 Å². The lowest BCUT2D eigenvalue weighted by molar-refractivity contribution is 0.0752. The molecule has 3 aromatic rings. The van der Waals surface area contributed by atoms with E-state index in [1.54, 1.807) is 18.3 Å². The Labute approximate surface area is 170 Å². The lowest BCUT2D eigenvalue weighted by Crippen LogP contribution is -2.30. The second kappa shape index (κ2) is 8.65. The number of ether oxygens (including phenoxy) is 2. The van der Waals surface area contributed by atoms with Gasteiger partial charge in [-0.1, -0.05) is 36.4 Å². The van der Waals surface area contributed by atoms with E-state index < -0.39 is 0 Å². The Bertz CT molecular complexity index is 992. The van der Waals surface area contributed by atoms with E-state index in [0.29, 0.717) is 31.0 Å². The number of nitrogens with zero attached hydrogens (tertiary/aromatic N) is 2. The number of nitrogens with one attached hydrogen (secondary N) is 1. The van der Waals surface area contributed by atoms with E-state index in [9.17, 15) is 4.79 Å². The zero-order valence-corrected chi connectivity index (χ0v) is 16.3. The third-order valence-corrected chi connectivity index (χ3v) is 4.80. The van der Waals surface area contributed by atoms with Crippen molar-refractivity contribution in [3.8, 4) is 11.5 Å². The summed E-state index contributed by atoms with van der Waals surface area (Å²) >= 11 is 0. The fraction of sp³-hybridized carbons (Fsp3) is 0.217. The molecule has 0 aliphatic carbocycles. The Morgan fingerprint density at radius 2 is 1.86 bits per heavy atom. The highest BCUT2D eigenvalue weighted by Gasteiger charge is 2.16. The first-order valence-electron chi connectivity index (χ1n) is 9.64. The lowest BCUT2D eigenvalue weighted by atomic mass is 10.1. The number of aromatic nitrogens is 1. The van der Waals surface area contributed by atoms with Crippen LogP contribution in [-0.4, -0.2) is 29.1 Å². The number of benzene rings is 2. The van der Waals surface area contributed by atoms with E-state index in [0.717, 1.165) is 22.6 Å². The molecule has 6 nitrogen and oxygen atoms in total. The zero-order valence-electron chi connectivity index (χ0n) is 16.3. The van der Waals surface area contributed by atoms with Crippen molar-refractivity contribution in [1.82, 2.24) is 9.88 Å². The molecule has 29 heavy (non-hydrogen) atoms. The molecular weight excluding hydrogens is 366 g/mol. The first-order valence-corrected chi connectivity index (χ1v) is 9.64. The van der Waals surface area contributed by atoms with E-state index in [1.807, 2.05) is 60.4 Å². The number of pyridine rings is 1. The average molecular weight is 389 g/mol. The zero-order chi connectivity index (χ0) is 20.1. The molecule has 1 aliphatic rings. The number of carbonyl (C=O) groups is 1. The second-order valence-electron chi connectivity index (χ2n) is 6.78. The molecule has 0 spiro atoms. The molecular formula is C23H23N3O3. The van der Waals surface area contributed by atoms with Crippen molar-refractivity contribution < 1.29 is 14.3 Å². The van der Waals surface area contributed by atoms with Gasteiger partial charge in [0.2, 0.25) is 6.79 Å². The molecule has 0 saturated carbocycles. The van der Waals surface area contributed by atoms with Gasteiger partial charge < -0.3 is 19.7 Å². The van der Waals surface area contributed by atoms with Gasteiger partial charge in [0, 0.05) is 31.4 Å². The number of rotatable bonds is 7. The summed E-state index contributed by atoms with van der Waals surface area (Å²) in [5.74, 6) is 2.16. The predicted octanol–water partition coefficient (Wildman–Crippen LogP) is 4.08. The van der Waals surface area contributed by atoms with Crippen molar-refractivity contribution >= 4 is 11.7 Å². The Kier molecular flexibility index (Phi) is 5.61. The van der Waals surface area contributed by atoms with Gasteiger partial charge in [-0.05, 0) is 42.3 Å². The van der Waals surface area contributed by atoms with Crippen LogP contribution < -0.4 is 14.8 Å². The minimum Gasteiger partial charge on any atom is -0.454 e. The Hall–Kier alpha value is -3.54. The summed E-state index contributed by atoms with van der Waals surface area (Å²) in [6.45, 7) is 4.03. The summed E-state index contributed by atoms with van der Waals surface area (Å²) in [5.41, 5.74) is 2.77. The van der Waals surface area contributed by atoms with Crippen LogP contribution in [0.5, 0.6) is 11.5 Å². The standard InChI is InChI=1S/C23H23N3O3/c1-2-26(15-17-6-4-3-5-7-17)23(27)19-10-11-24-22(13-19)25-14-18-8-9-20-21(12-18)29-16-28-20/h3-13H,2,14-16H2,1H3,(H,24,25). The van der Waals surface area contributed by atoms with Crippen molar-refractivity contribution in [2.45, 2.75) is 20.0 Å². The molecule has 1 amide bonds. The number of carbonyl (C=O) groups excluding carboxylic acids is 1. The van der Waals surface area contributed by atoms with Crippen molar-refractivity contribution in [3.63, 3.8) is 0 Å². The Balaban J connectivity index is 1.42. The van der Waals surface area contributed by atoms with Crippen LogP contribution in [0, 0.1) is 0 Å². The SMILES string of the molecule is CCN(Cc1ccccc1)C(=O)c1ccnc(NCc2ccc3c(c2)OCO3)c1. The topological polar surface area (TPSA) is 63.7 Å². The highest BCUT2D eigenvalue weighted by molar-refractivity contribution is 5.94. The number of hydrogen-bond acceptors (Lipinski definition) is 5. The maximum Gasteiger partial charge on any atom is 0.254 e. The first kappa shape index (κ1) is 18.8. The van der Waals surface area contributed by atoms with Gasteiger partial charge in [0.15, 0.2) is 11.5 Å². The summed E-state index contributed by atoms with van der Waals surface area (Å²) in [6, 6.07) is 19.4. The van der Waals surface area contributed by atoms with Crippen molar-refractivity contribution in [3.05, 3.63) is 83.6 Å². The smallest absolute Gasteiger partial charge is 0.254 e. The quantitative estimate of drug-likeness (QED) is 0.660. The summed E-state index contributed by atoms with van der Waals surface area (Å²) < 4.78 is 10.8. The molecule has 1 N–H and O–H groups in total. The molecule has 0 atom stereocenters. The molecule has 0 fully saturated rings. The third-order valence-electron chi connectivity index (χ3n) is 4.80. The molecule has 148 valence electrons. The van der Waals surface area contributed by atoms with Crippen LogP contribution in [-0.2, 0) is 13.1 Å². The molecule has 0 saturated heterocycles. The Morgan fingerprint density at radius 3 is 2.69 bits per heavy atom. The maximum atomic E-state index is 13.0. The normalized spacial score (nSPS) is 11.9. The van der Waals surface area contributed by atoms with E-state index in [-0.39, 0.29) is 12.7 Å². The van der Waals surface area contributed by atoms with Crippen LogP contribution in [0.1, 0.15) is 28.4 Å². The Morgan fingerprint density at radius 1 is 1.03 bits per heavy atom. The highest BCUT2D eigenvalue weighted by atomic mass is 16.7. The largest absolute Gasteiger partial charge is 0.454 e. The molecule has 1 aliphatic heterocycles. The van der Waals surface area contributed by atoms with Crippen molar-refractivity contribution in [2.75, 3.05) is 18.7 Å². The highest BCUT2D eigenvalue weighted by Crippen LogP contribution is 2.32. The van der Waals surface area contributed by atoms with Crippen LogP contribution in [0.3, 0.4) is 0 Å². The van der Waals surface area contributed by atoms with E-state index in [1.165, 1.54) is 0 Å². The van der Waals surface area contributed by atoms with E-state index in [4.69, 9.17) is 9.47 Å². The van der Waals surface area contributed by atoms with Crippen LogP contribution in [0.2, 0.25) is 0 Å². The molecule has 4 rings (SSSR count). The van der Waals surface area contributed by atoms with Crippen molar-refractivity contribution in [2.24, 2.45) is 0 Å². The van der Waals surface area contributed by atoms with Gasteiger partial charge in [-0.2, -0.15) is 0 Å². The molecule has 1 aromatic heterocycles. The van der Waals surface area contributed by atoms with Crippen LogP contribution >= 0.6 is 0 Å². The van der Waals surface area contributed by atoms with Crippen LogP contribution in [0.4, 0.5) is 5.82 Å². The van der Waals surface area contributed by atoms with Gasteiger partial charge in [0.05, 0.1) is 0 Å². The van der Waals surface area contributed by atoms with Gasteiger partial charge in [-0.15, -0.1) is 0 Å². The lowest BCUT2D eigenvalue weighted by Gasteiger charge is -2.21. The molecule has 0 bridgehead atoms. The number of hydrogen-bond donors (Lipinski definition) is 1. The van der Waals surface area contributed by atoms with Crippen LogP contribution in [0.15, 0.2) is 66.9 Å². The van der Waals surface area contributed by atoms with Gasteiger partial charge in [-0.25, -0.2) is 4.98 Å². The number of anilines is 1. The van der Waals surface area contributed by atoms with E-state index in [2.05, 4.69) is 10.3 Å². The molecule has 2 aromatic carbocycles. The molecule has 2 heterocycles. The minimum absolute atomic E-state index is 0.00937. The minimum atomic E-state index is -0.00937. The maximum absolute atomic E-state index is 13.0.